The smallest absolute Gasteiger partial charge is 0.356 e. The summed E-state index contributed by atoms with van der Waals surface area (Å²) in [5, 5.41) is 17.9. The molecule has 2 aromatic heterocycles. The van der Waals surface area contributed by atoms with Crippen LogP contribution in [0.3, 0.4) is 0 Å². The molecule has 0 unspecified atom stereocenters. The third-order valence-electron chi connectivity index (χ3n) is 5.04. The molecule has 1 aromatic carbocycles. The molecule has 1 atom stereocenters. The lowest BCUT2D eigenvalue weighted by molar-refractivity contribution is 0.0688. The number of hydrogen-bond acceptors (Lipinski definition) is 7. The number of thiophene rings is 1. The Balaban J connectivity index is 2.06. The second kappa shape index (κ2) is 10.4. The molecular weight excluding hydrogens is 480 g/mol. The Labute approximate surface area is 201 Å². The Bertz CT molecular complexity index is 1300. The molecule has 182 valence electrons. The molecule has 0 radical (unpaired) electrons. The van der Waals surface area contributed by atoms with Gasteiger partial charge >= 0.3 is 5.97 Å². The van der Waals surface area contributed by atoms with Crippen molar-refractivity contribution in [2.75, 3.05) is 5.32 Å². The fourth-order valence-electron chi connectivity index (χ4n) is 3.08. The van der Waals surface area contributed by atoms with E-state index in [-0.39, 0.29) is 45.4 Å². The Hall–Kier alpha value is -3.22. The summed E-state index contributed by atoms with van der Waals surface area (Å²) in [6.45, 7) is 7.19. The van der Waals surface area contributed by atoms with Crippen molar-refractivity contribution in [1.29, 1.82) is 0 Å². The van der Waals surface area contributed by atoms with E-state index in [0.717, 1.165) is 0 Å². The summed E-state index contributed by atoms with van der Waals surface area (Å²) in [5.41, 5.74) is 0.351. The number of sulfonamides is 1. The monoisotopic (exact) mass is 506 g/mol. The van der Waals surface area contributed by atoms with Gasteiger partial charge in [0.15, 0.2) is 5.69 Å². The molecule has 12 heteroatoms. The molecule has 0 aliphatic rings. The lowest BCUT2D eigenvalue weighted by Crippen LogP contribution is -2.32. The molecule has 3 aromatic rings. The van der Waals surface area contributed by atoms with Gasteiger partial charge < -0.3 is 15.2 Å². The second-order valence-corrected chi connectivity index (χ2v) is 10.2. The number of anilines is 1. The van der Waals surface area contributed by atoms with Crippen LogP contribution in [-0.4, -0.2) is 41.2 Å². The van der Waals surface area contributed by atoms with Crippen LogP contribution in [0.25, 0.3) is 0 Å². The minimum atomic E-state index is -4.05. The van der Waals surface area contributed by atoms with Gasteiger partial charge in [-0.1, -0.05) is 13.0 Å². The summed E-state index contributed by atoms with van der Waals surface area (Å²) in [4.78, 5) is 24.3. The molecule has 0 aliphatic carbocycles. The zero-order valence-corrected chi connectivity index (χ0v) is 20.8. The Morgan fingerprint density at radius 1 is 1.26 bits per heavy atom. The highest BCUT2D eigenvalue weighted by atomic mass is 32.2. The first-order chi connectivity index (χ1) is 16.1. The molecule has 10 nitrogen and oxygen atoms in total. The molecule has 0 bridgehead atoms. The number of carboxylic acid groups (broad SMARTS) is 1. The molecule has 0 aliphatic heterocycles. The van der Waals surface area contributed by atoms with Gasteiger partial charge in [0.1, 0.15) is 10.6 Å². The Kier molecular flexibility index (Phi) is 7.75. The summed E-state index contributed by atoms with van der Waals surface area (Å²) in [6.07, 6.45) is 0.563. The number of carboxylic acids is 1. The maximum Gasteiger partial charge on any atom is 0.356 e. The van der Waals surface area contributed by atoms with Crippen LogP contribution in [0.5, 0.6) is 11.6 Å². The Morgan fingerprint density at radius 3 is 2.59 bits per heavy atom. The third kappa shape index (κ3) is 5.46. The van der Waals surface area contributed by atoms with Gasteiger partial charge in [0.05, 0.1) is 4.88 Å². The number of aryl methyl sites for hydroxylation is 1. The average molecular weight is 507 g/mol. The van der Waals surface area contributed by atoms with Gasteiger partial charge in [-0.3, -0.25) is 4.79 Å². The fraction of sp³-hybridized carbons (Fsp3) is 0.318. The highest BCUT2D eigenvalue weighted by Crippen LogP contribution is 2.34. The van der Waals surface area contributed by atoms with Gasteiger partial charge in [-0.25, -0.2) is 22.6 Å². The standard InChI is InChI=1S/C22H26N4O6S2/c1-5-13(3)25-34(30,31)18-12-15(23-20(27)17-8-7-11-33-17)9-10-16(18)32-21-14(4)19(22(28)29)24-26(21)6-2/h7-13,25H,5-6H2,1-4H3,(H,23,27)(H,28,29)/t13-/m0/s1. The Morgan fingerprint density at radius 2 is 2.00 bits per heavy atom. The molecule has 0 saturated carbocycles. The first-order valence-electron chi connectivity index (χ1n) is 10.6. The normalized spacial score (nSPS) is 12.4. The van der Waals surface area contributed by atoms with Crippen molar-refractivity contribution < 1.29 is 27.9 Å². The van der Waals surface area contributed by atoms with E-state index in [1.165, 1.54) is 34.2 Å². The number of carbonyl (C=O) groups excluding carboxylic acids is 1. The van der Waals surface area contributed by atoms with E-state index < -0.39 is 16.0 Å². The topological polar surface area (TPSA) is 140 Å². The first-order valence-corrected chi connectivity index (χ1v) is 12.9. The quantitative estimate of drug-likeness (QED) is 0.376. The van der Waals surface area contributed by atoms with Crippen molar-refractivity contribution in [3.63, 3.8) is 0 Å². The number of hydrogen-bond donors (Lipinski definition) is 3. The minimum absolute atomic E-state index is 0.0282. The molecule has 0 fully saturated rings. The zero-order chi connectivity index (χ0) is 25.0. The number of benzene rings is 1. The summed E-state index contributed by atoms with van der Waals surface area (Å²) in [6, 6.07) is 7.31. The highest BCUT2D eigenvalue weighted by Gasteiger charge is 2.26. The number of ether oxygens (including phenoxy) is 1. The van der Waals surface area contributed by atoms with Crippen LogP contribution in [0.2, 0.25) is 0 Å². The van der Waals surface area contributed by atoms with Gasteiger partial charge in [-0.2, -0.15) is 5.10 Å². The first kappa shape index (κ1) is 25.4. The van der Waals surface area contributed by atoms with Crippen molar-refractivity contribution in [2.45, 2.75) is 51.6 Å². The minimum Gasteiger partial charge on any atom is -0.476 e. The number of rotatable bonds is 10. The molecule has 3 rings (SSSR count). The van der Waals surface area contributed by atoms with E-state index in [4.69, 9.17) is 4.74 Å². The zero-order valence-electron chi connectivity index (χ0n) is 19.2. The van der Waals surface area contributed by atoms with E-state index in [9.17, 15) is 23.1 Å². The summed E-state index contributed by atoms with van der Waals surface area (Å²) < 4.78 is 36.3. The van der Waals surface area contributed by atoms with Gasteiger partial charge in [-0.05, 0) is 56.8 Å². The third-order valence-corrected chi connectivity index (χ3v) is 7.52. The van der Waals surface area contributed by atoms with E-state index in [1.807, 2.05) is 6.92 Å². The maximum atomic E-state index is 13.2. The predicted molar refractivity (Wildman–Crippen MR) is 128 cm³/mol. The van der Waals surface area contributed by atoms with E-state index in [0.29, 0.717) is 17.8 Å². The fourth-order valence-corrected chi connectivity index (χ4v) is 5.18. The molecule has 34 heavy (non-hydrogen) atoms. The van der Waals surface area contributed by atoms with Gasteiger partial charge in [0.2, 0.25) is 15.9 Å². The number of amides is 1. The van der Waals surface area contributed by atoms with E-state index >= 15 is 0 Å². The summed E-state index contributed by atoms with van der Waals surface area (Å²) in [5.74, 6) is -1.49. The van der Waals surface area contributed by atoms with Crippen LogP contribution in [0.15, 0.2) is 40.6 Å². The van der Waals surface area contributed by atoms with E-state index in [2.05, 4.69) is 15.1 Å². The second-order valence-electron chi connectivity index (χ2n) is 7.53. The summed E-state index contributed by atoms with van der Waals surface area (Å²) in [7, 11) is -4.05. The van der Waals surface area contributed by atoms with Crippen molar-refractivity contribution in [3.8, 4) is 11.6 Å². The molecule has 0 saturated heterocycles. The van der Waals surface area contributed by atoms with Crippen LogP contribution in [0.1, 0.15) is 52.9 Å². The molecular formula is C22H26N4O6S2. The number of nitrogens with one attached hydrogen (secondary N) is 2. The van der Waals surface area contributed by atoms with Crippen molar-refractivity contribution in [1.82, 2.24) is 14.5 Å². The maximum absolute atomic E-state index is 13.2. The SMILES string of the molecule is CC[C@H](C)NS(=O)(=O)c1cc(NC(=O)c2cccs2)ccc1Oc1c(C)c(C(=O)O)nn1CC. The summed E-state index contributed by atoms with van der Waals surface area (Å²) >= 11 is 1.26. The van der Waals surface area contributed by atoms with Crippen LogP contribution >= 0.6 is 11.3 Å². The van der Waals surface area contributed by atoms with Crippen LogP contribution in [-0.2, 0) is 16.6 Å². The average Bonchev–Trinajstić information content (AvgIpc) is 3.43. The van der Waals surface area contributed by atoms with Crippen LogP contribution < -0.4 is 14.8 Å². The van der Waals surface area contributed by atoms with Crippen molar-refractivity contribution >= 4 is 38.9 Å². The van der Waals surface area contributed by atoms with Gasteiger partial charge in [0, 0.05) is 23.8 Å². The van der Waals surface area contributed by atoms with Gasteiger partial charge in [-0.15, -0.1) is 11.3 Å². The van der Waals surface area contributed by atoms with E-state index in [1.54, 1.807) is 38.3 Å². The van der Waals surface area contributed by atoms with Crippen LogP contribution in [0, 0.1) is 6.92 Å². The molecule has 3 N–H and O–H groups in total. The van der Waals surface area contributed by atoms with Gasteiger partial charge in [0.25, 0.3) is 5.91 Å². The molecule has 2 heterocycles. The number of aromatic nitrogens is 2. The number of nitrogens with zero attached hydrogens (tertiary/aromatic N) is 2. The molecule has 1 amide bonds. The lowest BCUT2D eigenvalue weighted by atomic mass is 10.2. The number of carbonyl (C=O) groups is 2. The number of aromatic carboxylic acids is 1. The van der Waals surface area contributed by atoms with Crippen molar-refractivity contribution in [3.05, 3.63) is 51.8 Å². The highest BCUT2D eigenvalue weighted by molar-refractivity contribution is 7.89. The van der Waals surface area contributed by atoms with Crippen LogP contribution in [0.4, 0.5) is 5.69 Å². The largest absolute Gasteiger partial charge is 0.476 e. The van der Waals surface area contributed by atoms with Crippen molar-refractivity contribution in [2.24, 2.45) is 0 Å². The predicted octanol–water partition coefficient (Wildman–Crippen LogP) is 4.09. The molecule has 0 spiro atoms. The lowest BCUT2D eigenvalue weighted by Gasteiger charge is -2.17.